The number of halogens is 4. The van der Waals surface area contributed by atoms with Gasteiger partial charge in [0, 0.05) is 25.9 Å². The van der Waals surface area contributed by atoms with E-state index in [0.29, 0.717) is 12.1 Å². The van der Waals surface area contributed by atoms with Crippen molar-refractivity contribution in [2.75, 3.05) is 25.2 Å². The topological polar surface area (TPSA) is 117 Å². The highest BCUT2D eigenvalue weighted by Gasteiger charge is 2.32. The number of carbonyl (C=O) groups is 2. The molecule has 0 aliphatic heterocycles. The molecule has 7 nitrogen and oxygen atoms in total. The second-order valence-corrected chi connectivity index (χ2v) is 7.04. The highest BCUT2D eigenvalue weighted by Crippen LogP contribution is 2.30. The fourth-order valence-corrected chi connectivity index (χ4v) is 2.98. The van der Waals surface area contributed by atoms with Crippen molar-refractivity contribution in [1.82, 2.24) is 10.3 Å². The summed E-state index contributed by atoms with van der Waals surface area (Å²) in [5.74, 6) is -2.92. The second kappa shape index (κ2) is 13.4. The minimum atomic E-state index is -4.81. The van der Waals surface area contributed by atoms with Crippen LogP contribution in [0.15, 0.2) is 30.5 Å². The van der Waals surface area contributed by atoms with Gasteiger partial charge in [-0.15, -0.1) is 0 Å². The molecule has 1 fully saturated rings. The largest absolute Gasteiger partial charge is 0.416 e. The first-order chi connectivity index (χ1) is 15.6. The lowest BCUT2D eigenvalue weighted by Gasteiger charge is -2.11. The van der Waals surface area contributed by atoms with Gasteiger partial charge in [-0.05, 0) is 24.3 Å². The third-order valence-electron chi connectivity index (χ3n) is 4.64. The van der Waals surface area contributed by atoms with E-state index in [1.165, 1.54) is 51.6 Å². The van der Waals surface area contributed by atoms with Gasteiger partial charge in [0.25, 0.3) is 11.8 Å². The van der Waals surface area contributed by atoms with E-state index in [1.807, 2.05) is 0 Å². The Morgan fingerprint density at radius 3 is 1.97 bits per heavy atom. The van der Waals surface area contributed by atoms with Gasteiger partial charge >= 0.3 is 6.18 Å². The highest BCUT2D eigenvalue weighted by molar-refractivity contribution is 6.06. The molecule has 5 N–H and O–H groups in total. The van der Waals surface area contributed by atoms with E-state index in [0.717, 1.165) is 13.3 Å². The molecule has 11 heteroatoms. The number of nitrogens with two attached hydrogens (primary N) is 1. The summed E-state index contributed by atoms with van der Waals surface area (Å²) in [4.78, 5) is 27.4. The van der Waals surface area contributed by atoms with Crippen LogP contribution in [0.1, 0.15) is 64.8 Å². The molecule has 33 heavy (non-hydrogen) atoms. The van der Waals surface area contributed by atoms with Crippen molar-refractivity contribution in [3.63, 3.8) is 0 Å². The lowest BCUT2D eigenvalue weighted by molar-refractivity contribution is -0.137. The lowest BCUT2D eigenvalue weighted by Crippen LogP contribution is -2.20. The van der Waals surface area contributed by atoms with Gasteiger partial charge < -0.3 is 21.5 Å². The number of aromatic nitrogens is 1. The Morgan fingerprint density at radius 1 is 0.939 bits per heavy atom. The fraction of sp³-hybridized carbons (Fsp3) is 0.409. The Labute approximate surface area is 189 Å². The predicted molar refractivity (Wildman–Crippen MR) is 117 cm³/mol. The van der Waals surface area contributed by atoms with Crippen LogP contribution in [0.3, 0.4) is 0 Å². The molecule has 2 aromatic rings. The summed E-state index contributed by atoms with van der Waals surface area (Å²) in [6, 6.07) is 2.63. The number of alkyl halides is 3. The second-order valence-electron chi connectivity index (χ2n) is 7.04. The van der Waals surface area contributed by atoms with Crippen molar-refractivity contribution in [2.24, 2.45) is 0 Å². The Bertz CT molecular complexity index is 921. The summed E-state index contributed by atoms with van der Waals surface area (Å²) in [7, 11) is 2.38. The number of pyridine rings is 1. The van der Waals surface area contributed by atoms with Crippen LogP contribution >= 0.6 is 0 Å². The fourth-order valence-electron chi connectivity index (χ4n) is 2.98. The van der Waals surface area contributed by atoms with Crippen molar-refractivity contribution in [2.45, 2.75) is 44.7 Å². The van der Waals surface area contributed by atoms with Crippen molar-refractivity contribution >= 4 is 23.3 Å². The van der Waals surface area contributed by atoms with Crippen LogP contribution in [0.4, 0.5) is 29.1 Å². The first-order valence-corrected chi connectivity index (χ1v) is 10.2. The number of hydrogen-bond donors (Lipinski definition) is 4. The molecule has 182 valence electrons. The molecule has 3 rings (SSSR count). The number of nitrogens with zero attached hydrogens (tertiary/aromatic N) is 1. The minimum absolute atomic E-state index is 0.0715. The summed E-state index contributed by atoms with van der Waals surface area (Å²) in [5, 5.41) is 11.5. The van der Waals surface area contributed by atoms with E-state index in [1.54, 1.807) is 0 Å². The number of aliphatic hydroxyl groups is 1. The van der Waals surface area contributed by atoms with Gasteiger partial charge in [0.05, 0.1) is 16.8 Å². The Hall–Kier alpha value is -3.21. The number of hydrogen-bond acceptors (Lipinski definition) is 5. The van der Waals surface area contributed by atoms with Crippen molar-refractivity contribution < 1.29 is 32.3 Å². The van der Waals surface area contributed by atoms with Gasteiger partial charge in [-0.2, -0.15) is 13.2 Å². The molecule has 1 aromatic carbocycles. The average Bonchev–Trinajstić information content (AvgIpc) is 2.81. The third kappa shape index (κ3) is 9.05. The number of rotatable bonds is 3. The molecule has 1 saturated carbocycles. The van der Waals surface area contributed by atoms with Gasteiger partial charge in [0.1, 0.15) is 11.6 Å². The summed E-state index contributed by atoms with van der Waals surface area (Å²) in [6.45, 7) is 0. The lowest BCUT2D eigenvalue weighted by atomic mass is 10.0. The van der Waals surface area contributed by atoms with Gasteiger partial charge in [-0.1, -0.05) is 38.5 Å². The van der Waals surface area contributed by atoms with Crippen LogP contribution < -0.4 is 16.4 Å². The summed E-state index contributed by atoms with van der Waals surface area (Å²) >= 11 is 0. The molecule has 0 radical (unpaired) electrons. The number of anilines is 2. The zero-order chi connectivity index (χ0) is 25.0. The molecule has 0 unspecified atom stereocenters. The Morgan fingerprint density at radius 2 is 1.48 bits per heavy atom. The third-order valence-corrected chi connectivity index (χ3v) is 4.64. The Balaban J connectivity index is 0.000000578. The van der Waals surface area contributed by atoms with Crippen molar-refractivity contribution in [3.05, 3.63) is 53.0 Å². The molecular formula is C22H28F4N4O3. The van der Waals surface area contributed by atoms with Crippen molar-refractivity contribution in [1.29, 1.82) is 0 Å². The van der Waals surface area contributed by atoms with E-state index < -0.39 is 34.9 Å². The SMILES string of the molecule is C1CCCCC1.CNC(=O)c1cnc(N)c(NC(=O)c2cc(F)cc(C(F)(F)F)c2)c1.CO. The van der Waals surface area contributed by atoms with Crippen LogP contribution in [0, 0.1) is 5.82 Å². The van der Waals surface area contributed by atoms with Crippen LogP contribution in [0.5, 0.6) is 0 Å². The van der Waals surface area contributed by atoms with Gasteiger partial charge in [-0.25, -0.2) is 9.37 Å². The molecular weight excluding hydrogens is 444 g/mol. The first-order valence-electron chi connectivity index (χ1n) is 10.2. The standard InChI is InChI=1S/C15H12F4N4O2.C6H12.CH4O/c1-21-13(24)8-4-11(12(20)22-6-8)23-14(25)7-2-9(15(17,18)19)5-10(16)3-7;1-2-4-6-5-3-1;1-2/h2-6H,1H3,(H2,20,22)(H,21,24)(H,23,25);1-6H2;2H,1H3. The van der Waals surface area contributed by atoms with E-state index in [2.05, 4.69) is 15.6 Å². The predicted octanol–water partition coefficient (Wildman–Crippen LogP) is 4.38. The van der Waals surface area contributed by atoms with Gasteiger partial charge in [-0.3, -0.25) is 9.59 Å². The average molecular weight is 472 g/mol. The molecule has 0 saturated heterocycles. The monoisotopic (exact) mass is 472 g/mol. The number of nitrogens with one attached hydrogen (secondary N) is 2. The molecule has 0 bridgehead atoms. The maximum absolute atomic E-state index is 13.4. The molecule has 0 spiro atoms. The maximum Gasteiger partial charge on any atom is 0.416 e. The zero-order valence-electron chi connectivity index (χ0n) is 18.4. The van der Waals surface area contributed by atoms with E-state index in [-0.39, 0.29) is 23.1 Å². The number of carbonyl (C=O) groups excluding carboxylic acids is 2. The zero-order valence-corrected chi connectivity index (χ0v) is 18.4. The summed E-state index contributed by atoms with van der Waals surface area (Å²) in [6.07, 6.45) is 5.35. The van der Waals surface area contributed by atoms with Crippen LogP contribution in [-0.2, 0) is 6.18 Å². The smallest absolute Gasteiger partial charge is 0.400 e. The summed E-state index contributed by atoms with van der Waals surface area (Å²) < 4.78 is 51.5. The number of nitrogen functional groups attached to an aromatic ring is 1. The number of aliphatic hydroxyl groups excluding tert-OH is 1. The van der Waals surface area contributed by atoms with E-state index >= 15 is 0 Å². The molecule has 1 aromatic heterocycles. The molecule has 0 atom stereocenters. The normalized spacial score (nSPS) is 12.9. The van der Waals surface area contributed by atoms with E-state index in [4.69, 9.17) is 10.8 Å². The van der Waals surface area contributed by atoms with Gasteiger partial charge in [0.15, 0.2) is 0 Å². The molecule has 2 amide bonds. The van der Waals surface area contributed by atoms with Gasteiger partial charge in [0.2, 0.25) is 0 Å². The summed E-state index contributed by atoms with van der Waals surface area (Å²) in [5.41, 5.74) is 3.69. The number of benzene rings is 1. The van der Waals surface area contributed by atoms with E-state index in [9.17, 15) is 27.2 Å². The molecule has 1 aliphatic carbocycles. The van der Waals surface area contributed by atoms with Crippen LogP contribution in [0.25, 0.3) is 0 Å². The number of amides is 2. The first kappa shape index (κ1) is 27.8. The quantitative estimate of drug-likeness (QED) is 0.495. The van der Waals surface area contributed by atoms with Crippen LogP contribution in [-0.4, -0.2) is 36.1 Å². The Kier molecular flexibility index (Phi) is 11.3. The highest BCUT2D eigenvalue weighted by atomic mass is 19.4. The minimum Gasteiger partial charge on any atom is -0.400 e. The van der Waals surface area contributed by atoms with Crippen LogP contribution in [0.2, 0.25) is 0 Å². The van der Waals surface area contributed by atoms with Crippen molar-refractivity contribution in [3.8, 4) is 0 Å². The molecule has 1 heterocycles. The molecule has 1 aliphatic rings. The maximum atomic E-state index is 13.4.